The molecule has 0 spiro atoms. The molecule has 0 unspecified atom stereocenters. The third kappa shape index (κ3) is 4.58. The van der Waals surface area contributed by atoms with Gasteiger partial charge in [-0.2, -0.15) is 0 Å². The fraction of sp³-hybridized carbons (Fsp3) is 0.222. The van der Waals surface area contributed by atoms with E-state index in [-0.39, 0.29) is 23.6 Å². The van der Waals surface area contributed by atoms with Gasteiger partial charge in [0, 0.05) is 16.7 Å². The van der Waals surface area contributed by atoms with Crippen LogP contribution in [0.4, 0.5) is 5.69 Å². The normalized spacial score (nSPS) is 11.5. The zero-order valence-corrected chi connectivity index (χ0v) is 14.9. The van der Waals surface area contributed by atoms with Crippen LogP contribution in [0, 0.1) is 10.1 Å². The maximum absolute atomic E-state index is 12.3. The summed E-state index contributed by atoms with van der Waals surface area (Å²) in [6, 6.07) is 9.89. The van der Waals surface area contributed by atoms with Crippen molar-refractivity contribution < 1.29 is 24.0 Å². The number of Topliss-reactive ketones (excluding diaryl/α,β-unsaturated/α-hetero) is 1. The highest BCUT2D eigenvalue weighted by Crippen LogP contribution is 2.28. The molecule has 0 aromatic heterocycles. The number of hydrogen-bond acceptors (Lipinski definition) is 6. The summed E-state index contributed by atoms with van der Waals surface area (Å²) in [6.45, 7) is 3.37. The number of esters is 1. The number of rotatable bonds is 7. The molecular formula is C18H16ClNO6. The van der Waals surface area contributed by atoms with Gasteiger partial charge >= 0.3 is 11.7 Å². The number of nitro groups is 1. The molecule has 2 aromatic rings. The Labute approximate surface area is 154 Å². The SMILES string of the molecule is CCOc1ccc(C(=O)O[C@@H](C)C(=O)c2ccc(Cl)cc2)cc1[N+](=O)[O-]. The van der Waals surface area contributed by atoms with Gasteiger partial charge in [0.2, 0.25) is 5.78 Å². The van der Waals surface area contributed by atoms with Crippen LogP contribution >= 0.6 is 11.6 Å². The first kappa shape index (κ1) is 19.4. The lowest BCUT2D eigenvalue weighted by Gasteiger charge is -2.13. The Morgan fingerprint density at radius 1 is 1.15 bits per heavy atom. The second kappa shape index (κ2) is 8.44. The van der Waals surface area contributed by atoms with Gasteiger partial charge in [0.25, 0.3) is 0 Å². The average molecular weight is 378 g/mol. The number of ketones is 1. The Morgan fingerprint density at radius 3 is 2.35 bits per heavy atom. The summed E-state index contributed by atoms with van der Waals surface area (Å²) in [7, 11) is 0. The second-order valence-corrected chi connectivity index (χ2v) is 5.73. The largest absolute Gasteiger partial charge is 0.487 e. The number of carbonyl (C=O) groups excluding carboxylic acids is 2. The molecule has 136 valence electrons. The van der Waals surface area contributed by atoms with E-state index in [1.165, 1.54) is 31.2 Å². The monoisotopic (exact) mass is 377 g/mol. The molecule has 0 fully saturated rings. The van der Waals surface area contributed by atoms with Gasteiger partial charge < -0.3 is 9.47 Å². The fourth-order valence-electron chi connectivity index (χ4n) is 2.20. The number of nitrogens with zero attached hydrogens (tertiary/aromatic N) is 1. The van der Waals surface area contributed by atoms with E-state index in [1.807, 2.05) is 0 Å². The molecule has 0 aliphatic rings. The molecule has 0 bridgehead atoms. The highest BCUT2D eigenvalue weighted by Gasteiger charge is 2.23. The van der Waals surface area contributed by atoms with Gasteiger partial charge in [-0.1, -0.05) is 11.6 Å². The van der Waals surface area contributed by atoms with Crippen molar-refractivity contribution in [2.75, 3.05) is 6.61 Å². The van der Waals surface area contributed by atoms with Crippen molar-refractivity contribution in [3.05, 3.63) is 68.7 Å². The van der Waals surface area contributed by atoms with Crippen LogP contribution in [0.5, 0.6) is 5.75 Å². The lowest BCUT2D eigenvalue weighted by Crippen LogP contribution is -2.24. The summed E-state index contributed by atoms with van der Waals surface area (Å²) >= 11 is 5.77. The van der Waals surface area contributed by atoms with E-state index in [2.05, 4.69) is 0 Å². The van der Waals surface area contributed by atoms with Crippen LogP contribution in [0.15, 0.2) is 42.5 Å². The molecule has 0 radical (unpaired) electrons. The predicted octanol–water partition coefficient (Wildman–Crippen LogP) is 4.08. The minimum absolute atomic E-state index is 0.0455. The van der Waals surface area contributed by atoms with Crippen LogP contribution in [-0.4, -0.2) is 29.4 Å². The Hall–Kier alpha value is -2.93. The van der Waals surface area contributed by atoms with Crippen molar-refractivity contribution in [2.24, 2.45) is 0 Å². The average Bonchev–Trinajstić information content (AvgIpc) is 2.62. The highest BCUT2D eigenvalue weighted by atomic mass is 35.5. The number of halogens is 1. The van der Waals surface area contributed by atoms with Gasteiger partial charge in [-0.15, -0.1) is 0 Å². The van der Waals surface area contributed by atoms with Crippen molar-refractivity contribution in [3.8, 4) is 5.75 Å². The van der Waals surface area contributed by atoms with Crippen LogP contribution in [0.25, 0.3) is 0 Å². The van der Waals surface area contributed by atoms with Crippen molar-refractivity contribution in [3.63, 3.8) is 0 Å². The first-order valence-corrected chi connectivity index (χ1v) is 8.13. The van der Waals surface area contributed by atoms with Crippen molar-refractivity contribution in [1.29, 1.82) is 0 Å². The highest BCUT2D eigenvalue weighted by molar-refractivity contribution is 6.30. The topological polar surface area (TPSA) is 95.7 Å². The standard InChI is InChI=1S/C18H16ClNO6/c1-3-25-16-9-6-13(10-15(16)20(23)24)18(22)26-11(2)17(21)12-4-7-14(19)8-5-12/h4-11H,3H2,1-2H3/t11-/m0/s1. The first-order valence-electron chi connectivity index (χ1n) is 7.75. The van der Waals surface area contributed by atoms with Crippen molar-refractivity contribution in [2.45, 2.75) is 20.0 Å². The Morgan fingerprint density at radius 2 is 1.77 bits per heavy atom. The summed E-state index contributed by atoms with van der Waals surface area (Å²) in [5, 5.41) is 11.6. The number of ether oxygens (including phenoxy) is 2. The number of carbonyl (C=O) groups is 2. The molecule has 0 aliphatic carbocycles. The van der Waals surface area contributed by atoms with E-state index in [0.717, 1.165) is 6.07 Å². The molecule has 8 heteroatoms. The van der Waals surface area contributed by atoms with E-state index in [1.54, 1.807) is 19.1 Å². The molecule has 0 saturated carbocycles. The van der Waals surface area contributed by atoms with Crippen LogP contribution < -0.4 is 4.74 Å². The lowest BCUT2D eigenvalue weighted by molar-refractivity contribution is -0.385. The smallest absolute Gasteiger partial charge is 0.339 e. The predicted molar refractivity (Wildman–Crippen MR) is 94.9 cm³/mol. The molecule has 0 amide bonds. The molecule has 2 rings (SSSR count). The maximum atomic E-state index is 12.3. The second-order valence-electron chi connectivity index (χ2n) is 5.29. The number of benzene rings is 2. The summed E-state index contributed by atoms with van der Waals surface area (Å²) in [5.41, 5.74) is -0.0544. The van der Waals surface area contributed by atoms with Gasteiger partial charge in [0.05, 0.1) is 17.1 Å². The fourth-order valence-corrected chi connectivity index (χ4v) is 2.32. The van der Waals surface area contributed by atoms with E-state index >= 15 is 0 Å². The third-order valence-corrected chi connectivity index (χ3v) is 3.72. The Kier molecular flexibility index (Phi) is 6.30. The summed E-state index contributed by atoms with van der Waals surface area (Å²) in [6.07, 6.45) is -1.06. The van der Waals surface area contributed by atoms with Gasteiger partial charge in [0.1, 0.15) is 0 Å². The van der Waals surface area contributed by atoms with Gasteiger partial charge in [-0.25, -0.2) is 4.79 Å². The van der Waals surface area contributed by atoms with Gasteiger partial charge in [-0.3, -0.25) is 14.9 Å². The lowest BCUT2D eigenvalue weighted by atomic mass is 10.1. The molecule has 7 nitrogen and oxygen atoms in total. The van der Waals surface area contributed by atoms with Crippen molar-refractivity contribution in [1.82, 2.24) is 0 Å². The molecule has 0 N–H and O–H groups in total. The van der Waals surface area contributed by atoms with Crippen LogP contribution in [0.1, 0.15) is 34.6 Å². The molecular weight excluding hydrogens is 362 g/mol. The first-order chi connectivity index (χ1) is 12.3. The zero-order chi connectivity index (χ0) is 19.3. The van der Waals surface area contributed by atoms with Gasteiger partial charge in [0.15, 0.2) is 11.9 Å². The molecule has 0 saturated heterocycles. The number of nitro benzene ring substituents is 1. The molecule has 0 heterocycles. The summed E-state index contributed by atoms with van der Waals surface area (Å²) in [4.78, 5) is 35.0. The Balaban J connectivity index is 2.16. The van der Waals surface area contributed by atoms with Gasteiger partial charge in [-0.05, 0) is 50.2 Å². The summed E-state index contributed by atoms with van der Waals surface area (Å²) < 4.78 is 10.3. The van der Waals surface area contributed by atoms with E-state index in [4.69, 9.17) is 21.1 Å². The molecule has 2 aromatic carbocycles. The molecule has 0 aliphatic heterocycles. The maximum Gasteiger partial charge on any atom is 0.339 e. The minimum atomic E-state index is -1.06. The Bertz CT molecular complexity index is 834. The molecule has 1 atom stereocenters. The van der Waals surface area contributed by atoms with E-state index in [9.17, 15) is 19.7 Å². The minimum Gasteiger partial charge on any atom is -0.487 e. The van der Waals surface area contributed by atoms with Crippen LogP contribution in [0.2, 0.25) is 5.02 Å². The number of hydrogen-bond donors (Lipinski definition) is 0. The summed E-state index contributed by atoms with van der Waals surface area (Å²) in [5.74, 6) is -1.19. The quantitative estimate of drug-likeness (QED) is 0.312. The van der Waals surface area contributed by atoms with Crippen LogP contribution in [-0.2, 0) is 4.74 Å². The van der Waals surface area contributed by atoms with Crippen LogP contribution in [0.3, 0.4) is 0 Å². The van der Waals surface area contributed by atoms with E-state index < -0.39 is 22.8 Å². The van der Waals surface area contributed by atoms with Crippen molar-refractivity contribution >= 4 is 29.0 Å². The molecule has 26 heavy (non-hydrogen) atoms. The third-order valence-electron chi connectivity index (χ3n) is 3.47. The zero-order valence-electron chi connectivity index (χ0n) is 14.1. The van der Waals surface area contributed by atoms with E-state index in [0.29, 0.717) is 10.6 Å².